The number of carbonyl (C=O) groups is 2. The molecule has 0 saturated carbocycles. The topological polar surface area (TPSA) is 68.4 Å². The maximum absolute atomic E-state index is 12.4. The molecule has 0 bridgehead atoms. The van der Waals surface area contributed by atoms with E-state index in [2.05, 4.69) is 17.2 Å². The minimum absolute atomic E-state index is 0.0331. The highest BCUT2D eigenvalue weighted by atomic mass is 35.5. The second-order valence-electron chi connectivity index (χ2n) is 6.64. The van der Waals surface area contributed by atoms with E-state index in [4.69, 9.17) is 11.6 Å². The summed E-state index contributed by atoms with van der Waals surface area (Å²) in [5.41, 5.74) is 2.15. The summed E-state index contributed by atoms with van der Waals surface area (Å²) in [6.07, 6.45) is 4.41. The van der Waals surface area contributed by atoms with E-state index in [-0.39, 0.29) is 18.5 Å². The fraction of sp³-hybridized carbons (Fsp3) is 0.474. The van der Waals surface area contributed by atoms with Crippen molar-refractivity contribution in [2.45, 2.75) is 26.2 Å². The molecular formula is C19H25ClN4O2. The summed E-state index contributed by atoms with van der Waals surface area (Å²) in [7, 11) is 0. The van der Waals surface area contributed by atoms with Crippen LogP contribution in [0.5, 0.6) is 0 Å². The number of amides is 3. The van der Waals surface area contributed by atoms with Gasteiger partial charge in [-0.3, -0.25) is 4.79 Å². The van der Waals surface area contributed by atoms with E-state index in [1.807, 2.05) is 29.3 Å². The maximum atomic E-state index is 12.4. The highest BCUT2D eigenvalue weighted by molar-refractivity contribution is 6.31. The average molecular weight is 377 g/mol. The van der Waals surface area contributed by atoms with Crippen LogP contribution in [0.3, 0.4) is 0 Å². The lowest BCUT2D eigenvalue weighted by atomic mass is 10.1. The van der Waals surface area contributed by atoms with E-state index >= 15 is 0 Å². The third-order valence-corrected chi connectivity index (χ3v) is 4.95. The first-order chi connectivity index (χ1) is 12.6. The molecule has 1 aliphatic heterocycles. The molecule has 3 amide bonds. The normalized spacial score (nSPS) is 15.4. The number of nitrogens with zero attached hydrogens (tertiary/aromatic N) is 2. The van der Waals surface area contributed by atoms with E-state index in [0.717, 1.165) is 42.4 Å². The molecule has 1 saturated heterocycles. The lowest BCUT2D eigenvalue weighted by Gasteiger charge is -2.21. The lowest BCUT2D eigenvalue weighted by Crippen LogP contribution is -2.44. The monoisotopic (exact) mass is 376 g/mol. The summed E-state index contributed by atoms with van der Waals surface area (Å²) in [5.74, 6) is 0.0331. The molecule has 0 unspecified atom stereocenters. The van der Waals surface area contributed by atoms with Crippen molar-refractivity contribution in [3.63, 3.8) is 0 Å². The summed E-state index contributed by atoms with van der Waals surface area (Å²) in [6, 6.07) is 5.56. The fourth-order valence-electron chi connectivity index (χ4n) is 3.37. The first kappa shape index (κ1) is 18.6. The van der Waals surface area contributed by atoms with Gasteiger partial charge in [0.1, 0.15) is 6.54 Å². The van der Waals surface area contributed by atoms with Gasteiger partial charge in [-0.2, -0.15) is 0 Å². The van der Waals surface area contributed by atoms with E-state index in [1.54, 1.807) is 4.90 Å². The van der Waals surface area contributed by atoms with Crippen LogP contribution >= 0.6 is 11.6 Å². The number of urea groups is 1. The van der Waals surface area contributed by atoms with Crippen LogP contribution in [0.2, 0.25) is 5.02 Å². The maximum Gasteiger partial charge on any atom is 0.317 e. The molecule has 0 atom stereocenters. The van der Waals surface area contributed by atoms with E-state index in [0.29, 0.717) is 24.5 Å². The molecule has 0 radical (unpaired) electrons. The van der Waals surface area contributed by atoms with Crippen LogP contribution in [0.15, 0.2) is 24.4 Å². The minimum Gasteiger partial charge on any atom is -0.361 e. The molecule has 2 heterocycles. The SMILES string of the molecule is CCCN1CCCN(C(=O)NCCc2c[nH]c3ccc(Cl)cc23)CC1=O. The standard InChI is InChI=1S/C19H25ClN4O2/c1-2-8-23-9-3-10-24(13-18(23)25)19(26)21-7-6-14-12-22-17-5-4-15(20)11-16(14)17/h4-5,11-12,22H,2-3,6-10,13H2,1H3,(H,21,26). The van der Waals surface area contributed by atoms with E-state index in [9.17, 15) is 9.59 Å². The molecule has 1 aromatic carbocycles. The smallest absolute Gasteiger partial charge is 0.317 e. The third-order valence-electron chi connectivity index (χ3n) is 4.72. The summed E-state index contributed by atoms with van der Waals surface area (Å²) in [4.78, 5) is 31.3. The van der Waals surface area contributed by atoms with Gasteiger partial charge in [0.2, 0.25) is 5.91 Å². The predicted molar refractivity (Wildman–Crippen MR) is 103 cm³/mol. The van der Waals surface area contributed by atoms with Crippen molar-refractivity contribution in [3.8, 4) is 0 Å². The summed E-state index contributed by atoms with van der Waals surface area (Å²) in [6.45, 7) is 4.83. The van der Waals surface area contributed by atoms with Crippen LogP contribution < -0.4 is 5.32 Å². The van der Waals surface area contributed by atoms with Gasteiger partial charge in [0.05, 0.1) is 0 Å². The van der Waals surface area contributed by atoms with E-state index in [1.165, 1.54) is 0 Å². The van der Waals surface area contributed by atoms with Gasteiger partial charge in [-0.15, -0.1) is 0 Å². The van der Waals surface area contributed by atoms with Crippen molar-refractivity contribution >= 4 is 34.4 Å². The number of carbonyl (C=O) groups excluding carboxylic acids is 2. The van der Waals surface area contributed by atoms with Crippen LogP contribution in [0.4, 0.5) is 4.79 Å². The highest BCUT2D eigenvalue weighted by Gasteiger charge is 2.24. The zero-order valence-corrected chi connectivity index (χ0v) is 15.8. The van der Waals surface area contributed by atoms with Crippen LogP contribution in [-0.4, -0.2) is 59.4 Å². The van der Waals surface area contributed by atoms with Gasteiger partial charge in [-0.05, 0) is 43.0 Å². The zero-order chi connectivity index (χ0) is 18.5. The number of aromatic amines is 1. The summed E-state index contributed by atoms with van der Waals surface area (Å²) in [5, 5.41) is 4.71. The Morgan fingerprint density at radius 3 is 3.00 bits per heavy atom. The van der Waals surface area contributed by atoms with Gasteiger partial charge in [0.25, 0.3) is 0 Å². The number of hydrogen-bond donors (Lipinski definition) is 2. The van der Waals surface area contributed by atoms with Gasteiger partial charge >= 0.3 is 6.03 Å². The Bertz CT molecular complexity index is 789. The Balaban J connectivity index is 1.53. The molecule has 0 aliphatic carbocycles. The molecule has 1 fully saturated rings. The number of aromatic nitrogens is 1. The zero-order valence-electron chi connectivity index (χ0n) is 15.1. The Morgan fingerprint density at radius 2 is 2.19 bits per heavy atom. The lowest BCUT2D eigenvalue weighted by molar-refractivity contribution is -0.130. The van der Waals surface area contributed by atoms with Gasteiger partial charge in [-0.1, -0.05) is 18.5 Å². The molecule has 6 nitrogen and oxygen atoms in total. The Labute approximate surface area is 158 Å². The molecule has 0 spiro atoms. The quantitative estimate of drug-likeness (QED) is 0.842. The Morgan fingerprint density at radius 1 is 1.35 bits per heavy atom. The molecule has 7 heteroatoms. The largest absolute Gasteiger partial charge is 0.361 e. The number of H-pyrrole nitrogens is 1. The van der Waals surface area contributed by atoms with Crippen LogP contribution in [0, 0.1) is 0 Å². The molecule has 2 N–H and O–H groups in total. The second-order valence-corrected chi connectivity index (χ2v) is 7.08. The number of hydrogen-bond acceptors (Lipinski definition) is 2. The highest BCUT2D eigenvalue weighted by Crippen LogP contribution is 2.22. The summed E-state index contributed by atoms with van der Waals surface area (Å²) >= 11 is 6.07. The molecule has 3 rings (SSSR count). The number of halogens is 1. The number of rotatable bonds is 5. The average Bonchev–Trinajstić information content (AvgIpc) is 2.92. The van der Waals surface area contributed by atoms with Crippen LogP contribution in [0.25, 0.3) is 10.9 Å². The Kier molecular flexibility index (Phi) is 6.04. The number of fused-ring (bicyclic) bond motifs is 1. The van der Waals surface area contributed by atoms with Gasteiger partial charge in [0, 0.05) is 48.3 Å². The van der Waals surface area contributed by atoms with Crippen molar-refractivity contribution in [1.29, 1.82) is 0 Å². The predicted octanol–water partition coefficient (Wildman–Crippen LogP) is 3.02. The van der Waals surface area contributed by atoms with Crippen LogP contribution in [-0.2, 0) is 11.2 Å². The van der Waals surface area contributed by atoms with Crippen LogP contribution in [0.1, 0.15) is 25.3 Å². The molecule has 1 aliphatic rings. The van der Waals surface area contributed by atoms with Gasteiger partial charge in [0.15, 0.2) is 0 Å². The van der Waals surface area contributed by atoms with Crippen molar-refractivity contribution < 1.29 is 9.59 Å². The number of benzene rings is 1. The van der Waals surface area contributed by atoms with Crippen molar-refractivity contribution in [3.05, 3.63) is 35.0 Å². The first-order valence-corrected chi connectivity index (χ1v) is 9.52. The van der Waals surface area contributed by atoms with Crippen molar-refractivity contribution in [2.75, 3.05) is 32.7 Å². The third kappa shape index (κ3) is 4.30. The molecular weight excluding hydrogens is 352 g/mol. The van der Waals surface area contributed by atoms with Crippen molar-refractivity contribution in [1.82, 2.24) is 20.1 Å². The molecule has 26 heavy (non-hydrogen) atoms. The number of nitrogens with one attached hydrogen (secondary N) is 2. The summed E-state index contributed by atoms with van der Waals surface area (Å²) < 4.78 is 0. The fourth-order valence-corrected chi connectivity index (χ4v) is 3.54. The minimum atomic E-state index is -0.172. The molecule has 2 aromatic rings. The van der Waals surface area contributed by atoms with Crippen molar-refractivity contribution in [2.24, 2.45) is 0 Å². The first-order valence-electron chi connectivity index (χ1n) is 9.14. The Hall–Kier alpha value is -2.21. The van der Waals surface area contributed by atoms with E-state index < -0.39 is 0 Å². The molecule has 1 aromatic heterocycles. The van der Waals surface area contributed by atoms with Gasteiger partial charge in [-0.25, -0.2) is 4.79 Å². The molecule has 140 valence electrons. The van der Waals surface area contributed by atoms with Gasteiger partial charge < -0.3 is 20.1 Å². The second kappa shape index (κ2) is 8.45.